The van der Waals surface area contributed by atoms with Gasteiger partial charge in [0.05, 0.1) is 4.90 Å². The molecule has 0 atom stereocenters. The van der Waals surface area contributed by atoms with Crippen molar-refractivity contribution >= 4 is 33.2 Å². The number of anilines is 2. The molecule has 8 nitrogen and oxygen atoms in total. The maximum Gasteiger partial charge on any atom is 0.261 e. The highest BCUT2D eigenvalue weighted by molar-refractivity contribution is 7.92. The molecule has 0 aliphatic carbocycles. The second-order valence-corrected chi connectivity index (χ2v) is 7.58. The Morgan fingerprint density at radius 3 is 2.32 bits per heavy atom. The van der Waals surface area contributed by atoms with Crippen LogP contribution < -0.4 is 10.0 Å². The van der Waals surface area contributed by atoms with Gasteiger partial charge in [-0.2, -0.15) is 0 Å². The number of fused-ring (bicyclic) bond motifs is 1. The zero-order chi connectivity index (χ0) is 19.6. The van der Waals surface area contributed by atoms with Gasteiger partial charge in [0.25, 0.3) is 15.9 Å². The number of sulfonamides is 1. The average molecular weight is 393 g/mol. The highest BCUT2D eigenvalue weighted by Gasteiger charge is 2.15. The number of hydrogen-bond acceptors (Lipinski definition) is 5. The van der Waals surface area contributed by atoms with Gasteiger partial charge in [0.2, 0.25) is 5.95 Å². The number of hydrogen-bond donors (Lipinski definition) is 2. The standard InChI is InChI=1S/C19H15N5O3S/c25-18(20-19-22-21-17-8-4-5-13-24(17)19)14-9-11-15(12-10-14)23-28(26,27)16-6-2-1-3-7-16/h1-13,23H,(H,20,22,25). The van der Waals surface area contributed by atoms with E-state index in [1.807, 2.05) is 6.07 Å². The summed E-state index contributed by atoms with van der Waals surface area (Å²) in [6, 6.07) is 19.6. The van der Waals surface area contributed by atoms with Crippen molar-refractivity contribution in [1.29, 1.82) is 0 Å². The quantitative estimate of drug-likeness (QED) is 0.542. The summed E-state index contributed by atoms with van der Waals surface area (Å²) in [7, 11) is -3.68. The molecule has 28 heavy (non-hydrogen) atoms. The molecule has 1 amide bonds. The van der Waals surface area contributed by atoms with Crippen LogP contribution in [-0.4, -0.2) is 28.9 Å². The zero-order valence-electron chi connectivity index (χ0n) is 14.5. The number of amides is 1. The van der Waals surface area contributed by atoms with Gasteiger partial charge >= 0.3 is 0 Å². The number of carbonyl (C=O) groups is 1. The third-order valence-electron chi connectivity index (χ3n) is 3.99. The molecule has 2 aromatic heterocycles. The number of carbonyl (C=O) groups excluding carboxylic acids is 1. The highest BCUT2D eigenvalue weighted by atomic mass is 32.2. The Labute approximate surface area is 160 Å². The molecule has 0 fully saturated rings. The molecule has 140 valence electrons. The van der Waals surface area contributed by atoms with Crippen molar-refractivity contribution < 1.29 is 13.2 Å². The van der Waals surface area contributed by atoms with Crippen LogP contribution >= 0.6 is 0 Å². The topological polar surface area (TPSA) is 105 Å². The predicted molar refractivity (Wildman–Crippen MR) is 105 cm³/mol. The van der Waals surface area contributed by atoms with Crippen molar-refractivity contribution in [1.82, 2.24) is 14.6 Å². The lowest BCUT2D eigenvalue weighted by molar-refractivity contribution is 0.102. The molecule has 2 aromatic carbocycles. The fraction of sp³-hybridized carbons (Fsp3) is 0. The van der Waals surface area contributed by atoms with Crippen LogP contribution in [0.25, 0.3) is 5.65 Å². The zero-order valence-corrected chi connectivity index (χ0v) is 15.3. The third-order valence-corrected chi connectivity index (χ3v) is 5.39. The minimum absolute atomic E-state index is 0.163. The van der Waals surface area contributed by atoms with Gasteiger partial charge < -0.3 is 0 Å². The number of aromatic nitrogens is 3. The Morgan fingerprint density at radius 2 is 1.57 bits per heavy atom. The number of pyridine rings is 1. The molecule has 4 aromatic rings. The molecular formula is C19H15N5O3S. The van der Waals surface area contributed by atoms with Crippen LogP contribution in [0.1, 0.15) is 10.4 Å². The van der Waals surface area contributed by atoms with E-state index in [1.54, 1.807) is 40.9 Å². The fourth-order valence-corrected chi connectivity index (χ4v) is 3.68. The highest BCUT2D eigenvalue weighted by Crippen LogP contribution is 2.17. The van der Waals surface area contributed by atoms with E-state index in [9.17, 15) is 13.2 Å². The summed E-state index contributed by atoms with van der Waals surface area (Å²) in [5, 5.41) is 10.6. The fourth-order valence-electron chi connectivity index (χ4n) is 2.60. The van der Waals surface area contributed by atoms with Gasteiger partial charge in [0, 0.05) is 17.4 Å². The first-order valence-corrected chi connectivity index (χ1v) is 9.80. The number of benzene rings is 2. The van der Waals surface area contributed by atoms with Crippen molar-refractivity contribution in [2.45, 2.75) is 4.90 Å². The van der Waals surface area contributed by atoms with E-state index >= 15 is 0 Å². The summed E-state index contributed by atoms with van der Waals surface area (Å²) in [6.07, 6.45) is 1.74. The van der Waals surface area contributed by atoms with Crippen molar-refractivity contribution in [3.05, 3.63) is 84.6 Å². The normalized spacial score (nSPS) is 11.3. The summed E-state index contributed by atoms with van der Waals surface area (Å²) >= 11 is 0. The Bertz CT molecular complexity index is 1240. The van der Waals surface area contributed by atoms with Gasteiger partial charge in [0.1, 0.15) is 0 Å². The van der Waals surface area contributed by atoms with Crippen LogP contribution in [-0.2, 0) is 10.0 Å². The SMILES string of the molecule is O=C(Nc1nnc2ccccn12)c1ccc(NS(=O)(=O)c2ccccc2)cc1. The molecule has 2 heterocycles. The Hall–Kier alpha value is -3.72. The van der Waals surface area contributed by atoms with Crippen molar-refractivity contribution in [2.75, 3.05) is 10.0 Å². The second kappa shape index (κ2) is 7.12. The minimum atomic E-state index is -3.68. The minimum Gasteiger partial charge on any atom is -0.290 e. The van der Waals surface area contributed by atoms with Gasteiger partial charge in [0.15, 0.2) is 5.65 Å². The average Bonchev–Trinajstić information content (AvgIpc) is 3.12. The Kier molecular flexibility index (Phi) is 4.50. The second-order valence-electron chi connectivity index (χ2n) is 5.90. The summed E-state index contributed by atoms with van der Waals surface area (Å²) < 4.78 is 28.8. The molecule has 0 aliphatic rings. The predicted octanol–water partition coefficient (Wildman–Crippen LogP) is 2.78. The first kappa shape index (κ1) is 17.7. The van der Waals surface area contributed by atoms with Crippen LogP contribution in [0.4, 0.5) is 11.6 Å². The molecular weight excluding hydrogens is 378 g/mol. The monoisotopic (exact) mass is 393 g/mol. The first-order valence-electron chi connectivity index (χ1n) is 8.32. The summed E-state index contributed by atoms with van der Waals surface area (Å²) in [5.74, 6) is -0.0786. The van der Waals surface area contributed by atoms with Crippen molar-refractivity contribution in [3.63, 3.8) is 0 Å². The Balaban J connectivity index is 1.49. The van der Waals surface area contributed by atoms with Crippen molar-refractivity contribution in [3.8, 4) is 0 Å². The first-order chi connectivity index (χ1) is 13.5. The van der Waals surface area contributed by atoms with E-state index in [4.69, 9.17) is 0 Å². The number of nitrogens with one attached hydrogen (secondary N) is 2. The van der Waals surface area contributed by atoms with Gasteiger partial charge in [-0.05, 0) is 48.5 Å². The maximum atomic E-state index is 12.4. The molecule has 0 unspecified atom stereocenters. The lowest BCUT2D eigenvalue weighted by Gasteiger charge is -2.09. The smallest absolute Gasteiger partial charge is 0.261 e. The maximum absolute atomic E-state index is 12.4. The van der Waals surface area contributed by atoms with Gasteiger partial charge in [-0.3, -0.25) is 19.2 Å². The molecule has 4 rings (SSSR count). The summed E-state index contributed by atoms with van der Waals surface area (Å²) in [6.45, 7) is 0. The van der Waals surface area contributed by atoms with Gasteiger partial charge in [-0.15, -0.1) is 10.2 Å². The number of rotatable bonds is 5. The number of nitrogens with zero attached hydrogens (tertiary/aromatic N) is 3. The van der Waals surface area contributed by atoms with Crippen LogP contribution in [0.15, 0.2) is 83.9 Å². The molecule has 9 heteroatoms. The van der Waals surface area contributed by atoms with Gasteiger partial charge in [-0.1, -0.05) is 24.3 Å². The van der Waals surface area contributed by atoms with E-state index in [-0.39, 0.29) is 10.8 Å². The molecule has 0 bridgehead atoms. The summed E-state index contributed by atoms with van der Waals surface area (Å²) in [4.78, 5) is 12.6. The van der Waals surface area contributed by atoms with E-state index in [0.717, 1.165) is 0 Å². The summed E-state index contributed by atoms with van der Waals surface area (Å²) in [5.41, 5.74) is 1.33. The molecule has 0 aliphatic heterocycles. The van der Waals surface area contributed by atoms with Crippen LogP contribution in [0, 0.1) is 0 Å². The molecule has 0 radical (unpaired) electrons. The third kappa shape index (κ3) is 3.55. The largest absolute Gasteiger partial charge is 0.290 e. The molecule has 0 saturated carbocycles. The van der Waals surface area contributed by atoms with Crippen LogP contribution in [0.2, 0.25) is 0 Å². The van der Waals surface area contributed by atoms with Gasteiger partial charge in [-0.25, -0.2) is 8.42 Å². The van der Waals surface area contributed by atoms with Crippen molar-refractivity contribution in [2.24, 2.45) is 0 Å². The molecule has 0 spiro atoms. The Morgan fingerprint density at radius 1 is 0.857 bits per heavy atom. The molecule has 2 N–H and O–H groups in total. The van der Waals surface area contributed by atoms with Crippen LogP contribution in [0.3, 0.4) is 0 Å². The van der Waals surface area contributed by atoms with Crippen LogP contribution in [0.5, 0.6) is 0 Å². The van der Waals surface area contributed by atoms with E-state index in [2.05, 4.69) is 20.2 Å². The lowest BCUT2D eigenvalue weighted by atomic mass is 10.2. The van der Waals surface area contributed by atoms with E-state index < -0.39 is 10.0 Å². The molecule has 0 saturated heterocycles. The van der Waals surface area contributed by atoms with E-state index in [0.29, 0.717) is 22.8 Å². The lowest BCUT2D eigenvalue weighted by Crippen LogP contribution is -2.15. The van der Waals surface area contributed by atoms with E-state index in [1.165, 1.54) is 36.4 Å².